The summed E-state index contributed by atoms with van der Waals surface area (Å²) in [6.07, 6.45) is 1.13. The van der Waals surface area contributed by atoms with E-state index in [1.807, 2.05) is 12.1 Å². The van der Waals surface area contributed by atoms with Crippen LogP contribution in [0.2, 0.25) is 0 Å². The number of sulfone groups is 1. The molecule has 88 valence electrons. The molecule has 2 unspecified atom stereocenters. The maximum atomic E-state index is 11.9. The molecule has 2 rings (SSSR count). The lowest BCUT2D eigenvalue weighted by molar-refractivity contribution is 0.597. The molecule has 1 fully saturated rings. The van der Waals surface area contributed by atoms with Crippen molar-refractivity contribution in [2.24, 2.45) is 5.92 Å². The Labute approximate surface area is 96.8 Å². The Morgan fingerprint density at radius 2 is 2.00 bits per heavy atom. The number of nitrogens with one attached hydrogen (secondary N) is 1. The van der Waals surface area contributed by atoms with Crippen molar-refractivity contribution in [2.45, 2.75) is 31.2 Å². The van der Waals surface area contributed by atoms with Gasteiger partial charge in [0.2, 0.25) is 0 Å². The summed E-state index contributed by atoms with van der Waals surface area (Å²) in [6, 6.07) is 7.59. The number of rotatable bonds is 4. The van der Waals surface area contributed by atoms with Crippen molar-refractivity contribution >= 4 is 15.5 Å². The summed E-state index contributed by atoms with van der Waals surface area (Å²) in [7, 11) is -3.13. The molecule has 1 aromatic carbocycles. The largest absolute Gasteiger partial charge is 0.381 e. The molecule has 1 aliphatic rings. The normalized spacial score (nSPS) is 24.1. The van der Waals surface area contributed by atoms with Crippen molar-refractivity contribution in [1.82, 2.24) is 0 Å². The van der Waals surface area contributed by atoms with Gasteiger partial charge in [-0.1, -0.05) is 26.0 Å². The minimum atomic E-state index is -3.13. The zero-order valence-corrected chi connectivity index (χ0v) is 10.4. The number of benzene rings is 1. The molecule has 0 heterocycles. The Morgan fingerprint density at radius 1 is 1.38 bits per heavy atom. The molecule has 1 saturated carbocycles. The second-order valence-electron chi connectivity index (χ2n) is 4.36. The Hall–Kier alpha value is -1.03. The van der Waals surface area contributed by atoms with Crippen LogP contribution in [0.3, 0.4) is 0 Å². The van der Waals surface area contributed by atoms with Gasteiger partial charge in [-0.05, 0) is 24.5 Å². The number of para-hydroxylation sites is 1. The first-order chi connectivity index (χ1) is 7.54. The number of anilines is 1. The predicted octanol–water partition coefficient (Wildman–Crippen LogP) is 2.30. The highest BCUT2D eigenvalue weighted by molar-refractivity contribution is 7.91. The monoisotopic (exact) mass is 239 g/mol. The summed E-state index contributed by atoms with van der Waals surface area (Å²) in [6.45, 7) is 3.83. The molecular weight excluding hydrogens is 222 g/mol. The second kappa shape index (κ2) is 4.09. The minimum Gasteiger partial charge on any atom is -0.381 e. The molecule has 0 amide bonds. The molecular formula is C12H17NO2S. The summed E-state index contributed by atoms with van der Waals surface area (Å²) in [5.74, 6) is 0.795. The first-order valence-electron chi connectivity index (χ1n) is 5.63. The average Bonchev–Trinajstić information content (AvgIpc) is 2.95. The van der Waals surface area contributed by atoms with Gasteiger partial charge in [-0.3, -0.25) is 0 Å². The van der Waals surface area contributed by atoms with Gasteiger partial charge in [0.1, 0.15) is 0 Å². The number of hydrogen-bond acceptors (Lipinski definition) is 3. The molecule has 0 aliphatic heterocycles. The van der Waals surface area contributed by atoms with Crippen molar-refractivity contribution in [3.63, 3.8) is 0 Å². The van der Waals surface area contributed by atoms with Crippen LogP contribution in [0.25, 0.3) is 0 Å². The van der Waals surface area contributed by atoms with Gasteiger partial charge in [0.05, 0.1) is 16.3 Å². The smallest absolute Gasteiger partial charge is 0.180 e. The van der Waals surface area contributed by atoms with E-state index in [2.05, 4.69) is 12.2 Å². The average molecular weight is 239 g/mol. The first kappa shape index (κ1) is 11.5. The van der Waals surface area contributed by atoms with E-state index in [4.69, 9.17) is 0 Å². The fourth-order valence-electron chi connectivity index (χ4n) is 1.74. The third-order valence-electron chi connectivity index (χ3n) is 3.05. The highest BCUT2D eigenvalue weighted by Crippen LogP contribution is 2.34. The van der Waals surface area contributed by atoms with E-state index in [1.54, 1.807) is 19.1 Å². The lowest BCUT2D eigenvalue weighted by Gasteiger charge is -2.11. The van der Waals surface area contributed by atoms with E-state index in [0.29, 0.717) is 16.9 Å². The minimum absolute atomic E-state index is 0.145. The van der Waals surface area contributed by atoms with Crippen LogP contribution in [0, 0.1) is 5.92 Å². The van der Waals surface area contributed by atoms with E-state index in [9.17, 15) is 8.42 Å². The summed E-state index contributed by atoms with van der Waals surface area (Å²) in [5.41, 5.74) is 0.749. The van der Waals surface area contributed by atoms with Gasteiger partial charge in [-0.15, -0.1) is 0 Å². The van der Waals surface area contributed by atoms with Gasteiger partial charge >= 0.3 is 0 Å². The van der Waals surface area contributed by atoms with E-state index >= 15 is 0 Å². The molecule has 3 nitrogen and oxygen atoms in total. The van der Waals surface area contributed by atoms with Crippen molar-refractivity contribution in [1.29, 1.82) is 0 Å². The lowest BCUT2D eigenvalue weighted by atomic mass is 10.3. The van der Waals surface area contributed by atoms with E-state index in [1.165, 1.54) is 0 Å². The predicted molar refractivity (Wildman–Crippen MR) is 65.4 cm³/mol. The molecule has 0 aromatic heterocycles. The van der Waals surface area contributed by atoms with Crippen LogP contribution in [0.4, 0.5) is 5.69 Å². The molecule has 0 spiro atoms. The zero-order chi connectivity index (χ0) is 11.8. The SMILES string of the molecule is CCS(=O)(=O)c1ccccc1NC1CC1C. The first-order valence-corrected chi connectivity index (χ1v) is 7.28. The molecule has 0 saturated heterocycles. The number of hydrogen-bond donors (Lipinski definition) is 1. The van der Waals surface area contributed by atoms with Crippen molar-refractivity contribution in [2.75, 3.05) is 11.1 Å². The summed E-state index contributed by atoms with van der Waals surface area (Å²) in [5, 5.41) is 3.30. The van der Waals surface area contributed by atoms with Crippen LogP contribution in [0.5, 0.6) is 0 Å². The van der Waals surface area contributed by atoms with Crippen LogP contribution < -0.4 is 5.32 Å². The Balaban J connectivity index is 2.31. The van der Waals surface area contributed by atoms with Crippen LogP contribution in [0.15, 0.2) is 29.2 Å². The molecule has 16 heavy (non-hydrogen) atoms. The quantitative estimate of drug-likeness (QED) is 0.877. The van der Waals surface area contributed by atoms with Crippen molar-refractivity contribution in [3.05, 3.63) is 24.3 Å². The molecule has 2 atom stereocenters. The zero-order valence-electron chi connectivity index (χ0n) is 9.60. The van der Waals surface area contributed by atoms with Gasteiger partial charge in [-0.25, -0.2) is 8.42 Å². The van der Waals surface area contributed by atoms with Gasteiger partial charge in [0.15, 0.2) is 9.84 Å². The fraction of sp³-hybridized carbons (Fsp3) is 0.500. The standard InChI is InChI=1S/C12H17NO2S/c1-3-16(14,15)12-7-5-4-6-10(12)13-11-8-9(11)2/h4-7,9,11,13H,3,8H2,1-2H3. The molecule has 1 aliphatic carbocycles. The summed E-state index contributed by atoms with van der Waals surface area (Å²) in [4.78, 5) is 0.427. The summed E-state index contributed by atoms with van der Waals surface area (Å²) < 4.78 is 23.7. The van der Waals surface area contributed by atoms with Crippen LogP contribution in [0.1, 0.15) is 20.3 Å². The van der Waals surface area contributed by atoms with Crippen molar-refractivity contribution in [3.8, 4) is 0 Å². The highest BCUT2D eigenvalue weighted by Gasteiger charge is 2.33. The van der Waals surface area contributed by atoms with Crippen LogP contribution >= 0.6 is 0 Å². The molecule has 1 N–H and O–H groups in total. The third-order valence-corrected chi connectivity index (χ3v) is 4.84. The summed E-state index contributed by atoms with van der Waals surface area (Å²) >= 11 is 0. The molecule has 4 heteroatoms. The molecule has 0 bridgehead atoms. The third kappa shape index (κ3) is 2.21. The maximum absolute atomic E-state index is 11.9. The Kier molecular flexibility index (Phi) is 2.93. The molecule has 0 radical (unpaired) electrons. The maximum Gasteiger partial charge on any atom is 0.180 e. The van der Waals surface area contributed by atoms with Gasteiger partial charge in [0, 0.05) is 6.04 Å². The molecule has 1 aromatic rings. The Bertz CT molecular complexity index is 482. The topological polar surface area (TPSA) is 46.2 Å². The highest BCUT2D eigenvalue weighted by atomic mass is 32.2. The van der Waals surface area contributed by atoms with E-state index < -0.39 is 9.84 Å². The van der Waals surface area contributed by atoms with Gasteiger partial charge in [-0.2, -0.15) is 0 Å². The van der Waals surface area contributed by atoms with Gasteiger partial charge in [0.25, 0.3) is 0 Å². The van der Waals surface area contributed by atoms with E-state index in [-0.39, 0.29) is 5.75 Å². The van der Waals surface area contributed by atoms with Crippen LogP contribution in [-0.4, -0.2) is 20.2 Å². The van der Waals surface area contributed by atoms with Crippen LogP contribution in [-0.2, 0) is 9.84 Å². The van der Waals surface area contributed by atoms with Gasteiger partial charge < -0.3 is 5.32 Å². The van der Waals surface area contributed by atoms with Crippen molar-refractivity contribution < 1.29 is 8.42 Å². The lowest BCUT2D eigenvalue weighted by Crippen LogP contribution is -2.11. The van der Waals surface area contributed by atoms with E-state index in [0.717, 1.165) is 12.1 Å². The Morgan fingerprint density at radius 3 is 2.56 bits per heavy atom. The second-order valence-corrected chi connectivity index (χ2v) is 6.61. The fourth-order valence-corrected chi connectivity index (χ4v) is 2.79.